The summed E-state index contributed by atoms with van der Waals surface area (Å²) < 4.78 is 4.58. The summed E-state index contributed by atoms with van der Waals surface area (Å²) in [5.74, 6) is -0.444. The Bertz CT molecular complexity index is 416. The second-order valence-corrected chi connectivity index (χ2v) is 3.62. The van der Waals surface area contributed by atoms with Crippen LogP contribution in [0.3, 0.4) is 0 Å². The molecular formula is C14H16O3. The first-order chi connectivity index (χ1) is 8.19. The van der Waals surface area contributed by atoms with Gasteiger partial charge in [-0.1, -0.05) is 31.6 Å². The maximum atomic E-state index is 11.7. The summed E-state index contributed by atoms with van der Waals surface area (Å²) in [6.07, 6.45) is 5.34. The molecule has 1 rings (SSSR count). The van der Waals surface area contributed by atoms with Crippen molar-refractivity contribution in [1.82, 2.24) is 0 Å². The third kappa shape index (κ3) is 3.87. The number of methoxy groups -OCH3 is 1. The number of carbonyl (C=O) groups excluding carboxylic acids is 2. The number of rotatable bonds is 5. The van der Waals surface area contributed by atoms with Crippen molar-refractivity contribution in [2.75, 3.05) is 7.11 Å². The zero-order valence-corrected chi connectivity index (χ0v) is 10.1. The number of hydrogen-bond acceptors (Lipinski definition) is 3. The van der Waals surface area contributed by atoms with Gasteiger partial charge >= 0.3 is 5.97 Å². The van der Waals surface area contributed by atoms with Crippen molar-refractivity contribution in [3.63, 3.8) is 0 Å². The van der Waals surface area contributed by atoms with E-state index >= 15 is 0 Å². The number of esters is 1. The first kappa shape index (κ1) is 13.2. The van der Waals surface area contributed by atoms with Gasteiger partial charge in [0.25, 0.3) is 0 Å². The van der Waals surface area contributed by atoms with Gasteiger partial charge < -0.3 is 4.74 Å². The van der Waals surface area contributed by atoms with Crippen LogP contribution in [-0.2, 0) is 4.74 Å². The lowest BCUT2D eigenvalue weighted by atomic mass is 10.1. The standard InChI is InChI=1S/C14H16O3/c1-3-4-5-6-13(15)11-7-9-12(10-8-11)14(16)17-2/h5-10H,3-4H2,1-2H3/b6-5+. The highest BCUT2D eigenvalue weighted by atomic mass is 16.5. The fourth-order valence-corrected chi connectivity index (χ4v) is 1.34. The zero-order chi connectivity index (χ0) is 12.7. The molecule has 0 aliphatic carbocycles. The van der Waals surface area contributed by atoms with Crippen molar-refractivity contribution in [1.29, 1.82) is 0 Å². The van der Waals surface area contributed by atoms with Crippen LogP contribution in [0.25, 0.3) is 0 Å². The van der Waals surface area contributed by atoms with Gasteiger partial charge in [-0.05, 0) is 24.6 Å². The molecule has 0 spiro atoms. The molecule has 0 aliphatic rings. The summed E-state index contributed by atoms with van der Waals surface area (Å²) in [6, 6.07) is 6.44. The van der Waals surface area contributed by atoms with E-state index in [4.69, 9.17) is 0 Å². The smallest absolute Gasteiger partial charge is 0.337 e. The van der Waals surface area contributed by atoms with Crippen LogP contribution in [0.15, 0.2) is 36.4 Å². The van der Waals surface area contributed by atoms with Crippen LogP contribution in [0.1, 0.15) is 40.5 Å². The molecule has 0 aromatic heterocycles. The molecular weight excluding hydrogens is 216 g/mol. The Hall–Kier alpha value is -1.90. The summed E-state index contributed by atoms with van der Waals surface area (Å²) in [5.41, 5.74) is 1.02. The summed E-state index contributed by atoms with van der Waals surface area (Å²) in [7, 11) is 1.33. The third-order valence-electron chi connectivity index (χ3n) is 2.32. The maximum Gasteiger partial charge on any atom is 0.337 e. The first-order valence-electron chi connectivity index (χ1n) is 5.58. The van der Waals surface area contributed by atoms with Crippen LogP contribution in [0.5, 0.6) is 0 Å². The van der Waals surface area contributed by atoms with Crippen molar-refractivity contribution in [2.45, 2.75) is 19.8 Å². The molecule has 0 radical (unpaired) electrons. The summed E-state index contributed by atoms with van der Waals surface area (Å²) in [5, 5.41) is 0. The Morgan fingerprint density at radius 2 is 1.76 bits per heavy atom. The van der Waals surface area contributed by atoms with Gasteiger partial charge in [-0.3, -0.25) is 4.79 Å². The quantitative estimate of drug-likeness (QED) is 0.445. The van der Waals surface area contributed by atoms with E-state index in [9.17, 15) is 9.59 Å². The molecule has 1 aromatic rings. The Labute approximate surface area is 101 Å². The van der Waals surface area contributed by atoms with Crippen molar-refractivity contribution < 1.29 is 14.3 Å². The number of allylic oxidation sites excluding steroid dienone is 2. The number of ketones is 1. The molecule has 0 aliphatic heterocycles. The van der Waals surface area contributed by atoms with Crippen LogP contribution < -0.4 is 0 Å². The van der Waals surface area contributed by atoms with Crippen LogP contribution in [-0.4, -0.2) is 18.9 Å². The minimum atomic E-state index is -0.398. The van der Waals surface area contributed by atoms with Crippen LogP contribution in [0, 0.1) is 0 Å². The highest BCUT2D eigenvalue weighted by Crippen LogP contribution is 2.07. The normalized spacial score (nSPS) is 10.5. The van der Waals surface area contributed by atoms with E-state index < -0.39 is 5.97 Å². The summed E-state index contributed by atoms with van der Waals surface area (Å²) >= 11 is 0. The molecule has 0 atom stereocenters. The molecule has 3 nitrogen and oxygen atoms in total. The van der Waals surface area contributed by atoms with Crippen molar-refractivity contribution in [3.05, 3.63) is 47.5 Å². The van der Waals surface area contributed by atoms with E-state index in [0.29, 0.717) is 11.1 Å². The Kier molecular flexibility index (Phi) is 5.14. The van der Waals surface area contributed by atoms with Gasteiger partial charge in [-0.2, -0.15) is 0 Å². The molecule has 0 heterocycles. The maximum absolute atomic E-state index is 11.7. The lowest BCUT2D eigenvalue weighted by molar-refractivity contribution is 0.0600. The predicted octanol–water partition coefficient (Wildman–Crippen LogP) is 3.01. The highest BCUT2D eigenvalue weighted by molar-refractivity contribution is 6.05. The van der Waals surface area contributed by atoms with E-state index in [1.807, 2.05) is 6.08 Å². The second kappa shape index (κ2) is 6.63. The third-order valence-corrected chi connectivity index (χ3v) is 2.32. The number of unbranched alkanes of at least 4 members (excludes halogenated alkanes) is 1. The Balaban J connectivity index is 2.74. The van der Waals surface area contributed by atoms with Crippen LogP contribution in [0.2, 0.25) is 0 Å². The molecule has 0 bridgehead atoms. The molecule has 0 saturated heterocycles. The first-order valence-corrected chi connectivity index (χ1v) is 5.58. The Morgan fingerprint density at radius 1 is 1.18 bits per heavy atom. The number of ether oxygens (including phenoxy) is 1. The molecule has 0 unspecified atom stereocenters. The molecule has 0 fully saturated rings. The van der Waals surface area contributed by atoms with E-state index in [-0.39, 0.29) is 5.78 Å². The summed E-state index contributed by atoms with van der Waals surface area (Å²) in [4.78, 5) is 22.9. The predicted molar refractivity (Wildman–Crippen MR) is 66.2 cm³/mol. The molecule has 0 saturated carbocycles. The second-order valence-electron chi connectivity index (χ2n) is 3.62. The zero-order valence-electron chi connectivity index (χ0n) is 10.1. The van der Waals surface area contributed by atoms with E-state index in [0.717, 1.165) is 12.8 Å². The summed E-state index contributed by atoms with van der Waals surface area (Å²) in [6.45, 7) is 2.06. The minimum Gasteiger partial charge on any atom is -0.465 e. The average Bonchev–Trinajstić information content (AvgIpc) is 2.38. The minimum absolute atomic E-state index is 0.0464. The van der Waals surface area contributed by atoms with Gasteiger partial charge in [-0.15, -0.1) is 0 Å². The van der Waals surface area contributed by atoms with Crippen LogP contribution >= 0.6 is 0 Å². The SMILES string of the molecule is CCC/C=C/C(=O)c1ccc(C(=O)OC)cc1. The fraction of sp³-hybridized carbons (Fsp3) is 0.286. The Morgan fingerprint density at radius 3 is 2.29 bits per heavy atom. The number of carbonyl (C=O) groups is 2. The van der Waals surface area contributed by atoms with Gasteiger partial charge in [-0.25, -0.2) is 4.79 Å². The largest absolute Gasteiger partial charge is 0.465 e. The van der Waals surface area contributed by atoms with Crippen molar-refractivity contribution >= 4 is 11.8 Å². The highest BCUT2D eigenvalue weighted by Gasteiger charge is 2.06. The fourth-order valence-electron chi connectivity index (χ4n) is 1.34. The van der Waals surface area contributed by atoms with Gasteiger partial charge in [0, 0.05) is 5.56 Å². The monoisotopic (exact) mass is 232 g/mol. The topological polar surface area (TPSA) is 43.4 Å². The van der Waals surface area contributed by atoms with Gasteiger partial charge in [0.05, 0.1) is 12.7 Å². The molecule has 17 heavy (non-hydrogen) atoms. The van der Waals surface area contributed by atoms with E-state index in [1.54, 1.807) is 30.3 Å². The van der Waals surface area contributed by atoms with Gasteiger partial charge in [0.15, 0.2) is 5.78 Å². The van der Waals surface area contributed by atoms with Crippen molar-refractivity contribution in [2.24, 2.45) is 0 Å². The number of hydrogen-bond donors (Lipinski definition) is 0. The van der Waals surface area contributed by atoms with Gasteiger partial charge in [0.1, 0.15) is 0 Å². The van der Waals surface area contributed by atoms with Gasteiger partial charge in [0.2, 0.25) is 0 Å². The van der Waals surface area contributed by atoms with Crippen LogP contribution in [0.4, 0.5) is 0 Å². The molecule has 3 heteroatoms. The van der Waals surface area contributed by atoms with Crippen molar-refractivity contribution in [3.8, 4) is 0 Å². The lowest BCUT2D eigenvalue weighted by Gasteiger charge is -2.00. The molecule has 0 amide bonds. The molecule has 1 aromatic carbocycles. The van der Waals surface area contributed by atoms with E-state index in [1.165, 1.54) is 7.11 Å². The van der Waals surface area contributed by atoms with E-state index in [2.05, 4.69) is 11.7 Å². The average molecular weight is 232 g/mol. The number of benzene rings is 1. The molecule has 0 N–H and O–H groups in total. The lowest BCUT2D eigenvalue weighted by Crippen LogP contribution is -2.02. The molecule has 90 valence electrons.